The molecule has 0 spiro atoms. The highest BCUT2D eigenvalue weighted by Gasteiger charge is 2.36. The molecule has 1 rings (SSSR count). The Morgan fingerprint density at radius 3 is 2.38 bits per heavy atom. The molecular weight excluding hydrogens is 108 g/mol. The van der Waals surface area contributed by atoms with Gasteiger partial charge in [0.15, 0.2) is 0 Å². The highest BCUT2D eigenvalue weighted by Crippen LogP contribution is 2.32. The Balaban J connectivity index is 2.14. The predicted molar refractivity (Wildman–Crippen MR) is 26.4 cm³/mol. The standard InChI is InChI=1S/C5H8O3/c6-4-1-3(4)2-5(7)8/h3-4,6H,1-2H2,(H,7,8). The van der Waals surface area contributed by atoms with Crippen LogP contribution in [0.2, 0.25) is 0 Å². The molecule has 0 aromatic carbocycles. The van der Waals surface area contributed by atoms with Gasteiger partial charge in [-0.25, -0.2) is 0 Å². The number of aliphatic hydroxyl groups excluding tert-OH is 1. The predicted octanol–water partition coefficient (Wildman–Crippen LogP) is -0.158. The fraction of sp³-hybridized carbons (Fsp3) is 0.800. The lowest BCUT2D eigenvalue weighted by Gasteiger charge is -1.85. The SMILES string of the molecule is O=C(O)CC1CC1O. The molecule has 0 aromatic rings. The van der Waals surface area contributed by atoms with Crippen molar-refractivity contribution in [3.05, 3.63) is 0 Å². The topological polar surface area (TPSA) is 57.5 Å². The maximum absolute atomic E-state index is 9.88. The van der Waals surface area contributed by atoms with Crippen molar-refractivity contribution in [1.82, 2.24) is 0 Å². The van der Waals surface area contributed by atoms with Gasteiger partial charge in [-0.2, -0.15) is 0 Å². The molecule has 0 aliphatic heterocycles. The van der Waals surface area contributed by atoms with Gasteiger partial charge in [-0.15, -0.1) is 0 Å². The van der Waals surface area contributed by atoms with Gasteiger partial charge in [-0.05, 0) is 12.3 Å². The molecular formula is C5H8O3. The zero-order valence-electron chi connectivity index (χ0n) is 4.37. The molecule has 3 heteroatoms. The first-order valence-corrected chi connectivity index (χ1v) is 2.60. The summed E-state index contributed by atoms with van der Waals surface area (Å²) in [6, 6.07) is 0. The minimum atomic E-state index is -0.813. The summed E-state index contributed by atoms with van der Waals surface area (Å²) in [5.41, 5.74) is 0. The third-order valence-corrected chi connectivity index (χ3v) is 1.32. The van der Waals surface area contributed by atoms with Crippen molar-refractivity contribution in [3.8, 4) is 0 Å². The van der Waals surface area contributed by atoms with E-state index < -0.39 is 5.97 Å². The fourth-order valence-electron chi connectivity index (χ4n) is 0.675. The lowest BCUT2D eigenvalue weighted by molar-refractivity contribution is -0.137. The number of rotatable bonds is 2. The van der Waals surface area contributed by atoms with E-state index in [1.807, 2.05) is 0 Å². The Labute approximate surface area is 46.9 Å². The molecule has 2 unspecified atom stereocenters. The van der Waals surface area contributed by atoms with Crippen molar-refractivity contribution < 1.29 is 15.0 Å². The summed E-state index contributed by atoms with van der Waals surface area (Å²) in [4.78, 5) is 9.88. The molecule has 46 valence electrons. The van der Waals surface area contributed by atoms with Gasteiger partial charge in [0.2, 0.25) is 0 Å². The van der Waals surface area contributed by atoms with Crippen LogP contribution in [-0.4, -0.2) is 22.3 Å². The van der Waals surface area contributed by atoms with Crippen molar-refractivity contribution in [2.24, 2.45) is 5.92 Å². The van der Waals surface area contributed by atoms with E-state index in [1.165, 1.54) is 0 Å². The Hall–Kier alpha value is -0.570. The summed E-state index contributed by atoms with van der Waals surface area (Å²) in [6.45, 7) is 0. The van der Waals surface area contributed by atoms with Gasteiger partial charge in [0.25, 0.3) is 0 Å². The summed E-state index contributed by atoms with van der Waals surface area (Å²) < 4.78 is 0. The molecule has 0 bridgehead atoms. The van der Waals surface area contributed by atoms with E-state index in [-0.39, 0.29) is 18.4 Å². The molecule has 8 heavy (non-hydrogen) atoms. The van der Waals surface area contributed by atoms with Crippen LogP contribution in [0.3, 0.4) is 0 Å². The summed E-state index contributed by atoms with van der Waals surface area (Å²) >= 11 is 0. The van der Waals surface area contributed by atoms with E-state index in [1.54, 1.807) is 0 Å². The van der Waals surface area contributed by atoms with Gasteiger partial charge in [0.05, 0.1) is 12.5 Å². The monoisotopic (exact) mass is 116 g/mol. The molecule has 0 amide bonds. The van der Waals surface area contributed by atoms with Gasteiger partial charge in [-0.3, -0.25) is 4.79 Å². The van der Waals surface area contributed by atoms with E-state index in [0.29, 0.717) is 6.42 Å². The fourth-order valence-corrected chi connectivity index (χ4v) is 0.675. The van der Waals surface area contributed by atoms with Crippen LogP contribution in [0.15, 0.2) is 0 Å². The average molecular weight is 116 g/mol. The third-order valence-electron chi connectivity index (χ3n) is 1.32. The van der Waals surface area contributed by atoms with Crippen LogP contribution in [0.4, 0.5) is 0 Å². The number of carbonyl (C=O) groups is 1. The molecule has 3 nitrogen and oxygen atoms in total. The zero-order valence-corrected chi connectivity index (χ0v) is 4.37. The van der Waals surface area contributed by atoms with E-state index in [4.69, 9.17) is 10.2 Å². The smallest absolute Gasteiger partial charge is 0.303 e. The summed E-state index contributed by atoms with van der Waals surface area (Å²) in [5.74, 6) is -0.765. The van der Waals surface area contributed by atoms with E-state index in [9.17, 15) is 4.79 Å². The second kappa shape index (κ2) is 1.74. The first-order chi connectivity index (χ1) is 3.70. The Morgan fingerprint density at radius 1 is 1.75 bits per heavy atom. The number of aliphatic carboxylic acids is 1. The van der Waals surface area contributed by atoms with Crippen LogP contribution < -0.4 is 0 Å². The molecule has 0 radical (unpaired) electrons. The molecule has 0 heterocycles. The van der Waals surface area contributed by atoms with E-state index in [2.05, 4.69) is 0 Å². The summed E-state index contributed by atoms with van der Waals surface area (Å²) in [7, 11) is 0. The molecule has 1 saturated carbocycles. The number of hydrogen-bond donors (Lipinski definition) is 2. The Bertz CT molecular complexity index is 110. The van der Waals surface area contributed by atoms with Crippen LogP contribution in [0.25, 0.3) is 0 Å². The molecule has 1 aliphatic carbocycles. The molecule has 0 aromatic heterocycles. The maximum atomic E-state index is 9.88. The van der Waals surface area contributed by atoms with Gasteiger partial charge in [0, 0.05) is 0 Å². The first kappa shape index (κ1) is 5.56. The normalized spacial score (nSPS) is 34.6. The largest absolute Gasteiger partial charge is 0.481 e. The molecule has 1 fully saturated rings. The van der Waals surface area contributed by atoms with Gasteiger partial charge in [0.1, 0.15) is 0 Å². The van der Waals surface area contributed by atoms with Gasteiger partial charge >= 0.3 is 5.97 Å². The number of carboxylic acid groups (broad SMARTS) is 1. The summed E-state index contributed by atoms with van der Waals surface area (Å²) in [5, 5.41) is 16.7. The highest BCUT2D eigenvalue weighted by atomic mass is 16.4. The van der Waals surface area contributed by atoms with Crippen molar-refractivity contribution in [3.63, 3.8) is 0 Å². The lowest BCUT2D eigenvalue weighted by atomic mass is 10.3. The minimum Gasteiger partial charge on any atom is -0.481 e. The highest BCUT2D eigenvalue weighted by molar-refractivity contribution is 5.67. The van der Waals surface area contributed by atoms with Gasteiger partial charge < -0.3 is 10.2 Å². The lowest BCUT2D eigenvalue weighted by Crippen LogP contribution is -1.97. The second-order valence-electron chi connectivity index (χ2n) is 2.16. The quantitative estimate of drug-likeness (QED) is 0.527. The van der Waals surface area contributed by atoms with Crippen molar-refractivity contribution in [2.75, 3.05) is 0 Å². The first-order valence-electron chi connectivity index (χ1n) is 2.60. The second-order valence-corrected chi connectivity index (χ2v) is 2.16. The van der Waals surface area contributed by atoms with Crippen LogP contribution in [0.1, 0.15) is 12.8 Å². The van der Waals surface area contributed by atoms with Gasteiger partial charge in [-0.1, -0.05) is 0 Å². The molecule has 1 aliphatic rings. The minimum absolute atomic E-state index is 0.0486. The van der Waals surface area contributed by atoms with Crippen LogP contribution in [0, 0.1) is 5.92 Å². The third kappa shape index (κ3) is 1.20. The number of aliphatic hydroxyl groups is 1. The van der Waals surface area contributed by atoms with E-state index >= 15 is 0 Å². The maximum Gasteiger partial charge on any atom is 0.303 e. The van der Waals surface area contributed by atoms with Crippen LogP contribution in [-0.2, 0) is 4.79 Å². The molecule has 2 N–H and O–H groups in total. The Morgan fingerprint density at radius 2 is 2.25 bits per heavy atom. The van der Waals surface area contributed by atoms with Crippen LogP contribution in [0.5, 0.6) is 0 Å². The average Bonchev–Trinajstić information content (AvgIpc) is 2.17. The summed E-state index contributed by atoms with van der Waals surface area (Å²) in [6.07, 6.45) is 0.471. The van der Waals surface area contributed by atoms with Crippen molar-refractivity contribution in [1.29, 1.82) is 0 Å². The van der Waals surface area contributed by atoms with Crippen LogP contribution >= 0.6 is 0 Å². The number of carboxylic acids is 1. The van der Waals surface area contributed by atoms with E-state index in [0.717, 1.165) is 0 Å². The van der Waals surface area contributed by atoms with Crippen molar-refractivity contribution >= 4 is 5.97 Å². The molecule has 0 saturated heterocycles. The van der Waals surface area contributed by atoms with Crippen molar-refractivity contribution in [2.45, 2.75) is 18.9 Å². The Kier molecular flexibility index (Phi) is 1.21. The zero-order chi connectivity index (χ0) is 6.15. The molecule has 2 atom stereocenters. The number of hydrogen-bond acceptors (Lipinski definition) is 2.